The van der Waals surface area contributed by atoms with Gasteiger partial charge >= 0.3 is 0 Å². The molecule has 0 radical (unpaired) electrons. The van der Waals surface area contributed by atoms with E-state index in [2.05, 4.69) is 43.0 Å². The first-order valence-corrected chi connectivity index (χ1v) is 10.6. The van der Waals surface area contributed by atoms with Crippen LogP contribution in [0.15, 0.2) is 49.0 Å². The van der Waals surface area contributed by atoms with Crippen molar-refractivity contribution in [3.8, 4) is 11.5 Å². The molecule has 4 saturated carbocycles. The van der Waals surface area contributed by atoms with E-state index in [-0.39, 0.29) is 5.41 Å². The molecule has 0 spiro atoms. The smallest absolute Gasteiger partial charge is 0.164 e. The number of methoxy groups -OCH3 is 2. The maximum Gasteiger partial charge on any atom is 0.164 e. The number of ether oxygens (including phenoxy) is 2. The molecule has 146 valence electrons. The first kappa shape index (κ1) is 17.8. The lowest BCUT2D eigenvalue weighted by atomic mass is 9.41. The third kappa shape index (κ3) is 2.53. The summed E-state index contributed by atoms with van der Waals surface area (Å²) < 4.78 is 11.5. The van der Waals surface area contributed by atoms with Crippen LogP contribution in [-0.4, -0.2) is 14.2 Å². The van der Waals surface area contributed by atoms with Crippen molar-refractivity contribution in [1.29, 1.82) is 0 Å². The minimum Gasteiger partial charge on any atom is -0.493 e. The molecule has 2 aromatic rings. The molecule has 0 N–H and O–H groups in total. The molecule has 0 aliphatic heterocycles. The summed E-state index contributed by atoms with van der Waals surface area (Å²) in [6.45, 7) is 3.91. The zero-order valence-corrected chi connectivity index (χ0v) is 17.0. The molecule has 6 rings (SSSR count). The number of rotatable bonds is 5. The van der Waals surface area contributed by atoms with Crippen LogP contribution in [0.25, 0.3) is 6.08 Å². The number of hydrogen-bond donors (Lipinski definition) is 0. The van der Waals surface area contributed by atoms with Crippen LogP contribution in [0.2, 0.25) is 0 Å². The quantitative estimate of drug-likeness (QED) is 0.626. The maximum atomic E-state index is 5.89. The van der Waals surface area contributed by atoms with E-state index >= 15 is 0 Å². The minimum atomic E-state index is 0.209. The molecule has 2 aromatic carbocycles. The topological polar surface area (TPSA) is 18.5 Å². The van der Waals surface area contributed by atoms with Crippen LogP contribution in [0, 0.1) is 11.8 Å². The molecule has 4 bridgehead atoms. The maximum absolute atomic E-state index is 5.89. The van der Waals surface area contributed by atoms with Crippen LogP contribution < -0.4 is 9.47 Å². The molecule has 28 heavy (non-hydrogen) atoms. The van der Waals surface area contributed by atoms with Gasteiger partial charge in [-0.25, -0.2) is 0 Å². The van der Waals surface area contributed by atoms with Gasteiger partial charge in [0.2, 0.25) is 0 Å². The third-order valence-corrected chi connectivity index (χ3v) is 7.79. The van der Waals surface area contributed by atoms with Crippen LogP contribution in [0.5, 0.6) is 11.5 Å². The van der Waals surface area contributed by atoms with Crippen molar-refractivity contribution in [1.82, 2.24) is 0 Å². The van der Waals surface area contributed by atoms with E-state index in [1.54, 1.807) is 14.2 Å². The van der Waals surface area contributed by atoms with Crippen molar-refractivity contribution >= 4 is 6.08 Å². The van der Waals surface area contributed by atoms with Crippen LogP contribution in [0.1, 0.15) is 55.2 Å². The van der Waals surface area contributed by atoms with Gasteiger partial charge in [0.15, 0.2) is 11.5 Å². The molecule has 0 saturated heterocycles. The van der Waals surface area contributed by atoms with Gasteiger partial charge < -0.3 is 9.47 Å². The predicted octanol–water partition coefficient (Wildman–Crippen LogP) is 6.14. The minimum absolute atomic E-state index is 0.209. The Morgan fingerprint density at radius 1 is 0.893 bits per heavy atom. The fourth-order valence-corrected chi connectivity index (χ4v) is 7.19. The van der Waals surface area contributed by atoms with Crippen molar-refractivity contribution in [2.75, 3.05) is 14.2 Å². The Bertz CT molecular complexity index is 881. The summed E-state index contributed by atoms with van der Waals surface area (Å²) in [7, 11) is 3.52. The molecule has 2 unspecified atom stereocenters. The lowest BCUT2D eigenvalue weighted by Crippen LogP contribution is -2.56. The van der Waals surface area contributed by atoms with Gasteiger partial charge in [-0.15, -0.1) is 0 Å². The van der Waals surface area contributed by atoms with Crippen LogP contribution in [0.4, 0.5) is 0 Å². The van der Waals surface area contributed by atoms with E-state index in [4.69, 9.17) is 9.47 Å². The normalized spacial score (nSPS) is 32.9. The highest BCUT2D eigenvalue weighted by molar-refractivity contribution is 5.53. The fraction of sp³-hybridized carbons (Fsp3) is 0.462. The van der Waals surface area contributed by atoms with Crippen molar-refractivity contribution in [2.24, 2.45) is 11.8 Å². The Kier molecular flexibility index (Phi) is 4.08. The molecule has 0 heterocycles. The van der Waals surface area contributed by atoms with Gasteiger partial charge in [-0.2, -0.15) is 0 Å². The monoisotopic (exact) mass is 374 g/mol. The molecule has 4 aliphatic carbocycles. The van der Waals surface area contributed by atoms with Gasteiger partial charge in [-0.1, -0.05) is 49.1 Å². The SMILES string of the molecule is C=Cc1ccc(C23CC4CC(C2)CC(c2cccc(OC)c2OC)(C4)C3)cc1. The summed E-state index contributed by atoms with van der Waals surface area (Å²) in [4.78, 5) is 0. The summed E-state index contributed by atoms with van der Waals surface area (Å²) in [6.07, 6.45) is 9.82. The first-order chi connectivity index (χ1) is 13.6. The Morgan fingerprint density at radius 3 is 2.18 bits per heavy atom. The molecule has 2 nitrogen and oxygen atoms in total. The van der Waals surface area contributed by atoms with E-state index in [0.29, 0.717) is 5.41 Å². The summed E-state index contributed by atoms with van der Waals surface area (Å²) in [5.74, 6) is 3.44. The van der Waals surface area contributed by atoms with Gasteiger partial charge in [0.05, 0.1) is 14.2 Å². The lowest BCUT2D eigenvalue weighted by Gasteiger charge is -2.63. The molecular formula is C26H30O2. The van der Waals surface area contributed by atoms with Crippen LogP contribution in [-0.2, 0) is 10.8 Å². The standard InChI is InChI=1S/C26H30O2/c1-4-18-8-10-21(11-9-18)25-13-19-12-20(14-25)16-26(15-19,17-25)22-6-5-7-23(27-2)24(22)28-3/h4-11,19-20H,1,12-17H2,2-3H3. The van der Waals surface area contributed by atoms with E-state index in [1.165, 1.54) is 55.2 Å². The van der Waals surface area contributed by atoms with E-state index in [0.717, 1.165) is 23.3 Å². The average molecular weight is 375 g/mol. The highest BCUT2D eigenvalue weighted by Crippen LogP contribution is 2.67. The second-order valence-electron chi connectivity index (χ2n) is 9.39. The predicted molar refractivity (Wildman–Crippen MR) is 114 cm³/mol. The zero-order valence-electron chi connectivity index (χ0n) is 17.0. The van der Waals surface area contributed by atoms with Crippen molar-refractivity contribution in [3.05, 3.63) is 65.7 Å². The summed E-state index contributed by atoms with van der Waals surface area (Å²) >= 11 is 0. The Hall–Kier alpha value is -2.22. The average Bonchev–Trinajstić information content (AvgIpc) is 2.72. The highest BCUT2D eigenvalue weighted by Gasteiger charge is 2.59. The number of para-hydroxylation sites is 1. The molecule has 0 amide bonds. The van der Waals surface area contributed by atoms with E-state index in [9.17, 15) is 0 Å². The fourth-order valence-electron chi connectivity index (χ4n) is 7.19. The zero-order chi connectivity index (χ0) is 19.4. The molecule has 4 fully saturated rings. The summed E-state index contributed by atoms with van der Waals surface area (Å²) in [5.41, 5.74) is 4.62. The number of hydrogen-bond acceptors (Lipinski definition) is 2. The molecule has 2 heteroatoms. The third-order valence-electron chi connectivity index (χ3n) is 7.79. The molecule has 2 atom stereocenters. The molecule has 0 aromatic heterocycles. The van der Waals surface area contributed by atoms with E-state index in [1.807, 2.05) is 12.1 Å². The van der Waals surface area contributed by atoms with Crippen LogP contribution >= 0.6 is 0 Å². The van der Waals surface area contributed by atoms with Crippen molar-refractivity contribution in [2.45, 2.75) is 49.4 Å². The van der Waals surface area contributed by atoms with Crippen molar-refractivity contribution in [3.63, 3.8) is 0 Å². The second kappa shape index (κ2) is 6.40. The largest absolute Gasteiger partial charge is 0.493 e. The second-order valence-corrected chi connectivity index (χ2v) is 9.39. The lowest BCUT2D eigenvalue weighted by molar-refractivity contribution is -0.0290. The number of benzene rings is 2. The van der Waals surface area contributed by atoms with Gasteiger partial charge in [-0.05, 0) is 73.0 Å². The van der Waals surface area contributed by atoms with Gasteiger partial charge in [0, 0.05) is 11.0 Å². The van der Waals surface area contributed by atoms with Gasteiger partial charge in [0.25, 0.3) is 0 Å². The Morgan fingerprint density at radius 2 is 1.57 bits per heavy atom. The molecular weight excluding hydrogens is 344 g/mol. The Labute approximate surface area is 168 Å². The van der Waals surface area contributed by atoms with E-state index < -0.39 is 0 Å². The summed E-state index contributed by atoms with van der Waals surface area (Å²) in [5, 5.41) is 0. The Balaban J connectivity index is 1.61. The van der Waals surface area contributed by atoms with Crippen LogP contribution in [0.3, 0.4) is 0 Å². The van der Waals surface area contributed by atoms with Gasteiger partial charge in [0.1, 0.15) is 0 Å². The summed E-state index contributed by atoms with van der Waals surface area (Å²) in [6, 6.07) is 15.7. The van der Waals surface area contributed by atoms with Crippen molar-refractivity contribution < 1.29 is 9.47 Å². The first-order valence-electron chi connectivity index (χ1n) is 10.6. The highest BCUT2D eigenvalue weighted by atomic mass is 16.5. The van der Waals surface area contributed by atoms with Gasteiger partial charge in [-0.3, -0.25) is 0 Å². The molecule has 4 aliphatic rings.